The van der Waals surface area contributed by atoms with Gasteiger partial charge in [0.2, 0.25) is 0 Å². The first-order chi connectivity index (χ1) is 13.8. The van der Waals surface area contributed by atoms with Crippen molar-refractivity contribution >= 4 is 45.2 Å². The van der Waals surface area contributed by atoms with E-state index in [-0.39, 0.29) is 0 Å². The molecule has 0 aliphatic rings. The number of hydrogen-bond acceptors (Lipinski definition) is 2. The molecule has 0 bridgehead atoms. The lowest BCUT2D eigenvalue weighted by molar-refractivity contribution is 0.843. The maximum absolute atomic E-state index is 6.12. The topological polar surface area (TPSA) is 30.7 Å². The number of fused-ring (bicyclic) bond motifs is 2. The summed E-state index contributed by atoms with van der Waals surface area (Å²) in [6.45, 7) is 0. The summed E-state index contributed by atoms with van der Waals surface area (Å²) in [6.07, 6.45) is 2.16. The first kappa shape index (κ1) is 16.7. The molecule has 0 amide bonds. The van der Waals surface area contributed by atoms with E-state index in [2.05, 4.69) is 58.9 Å². The van der Waals surface area contributed by atoms with E-state index in [0.717, 1.165) is 27.9 Å². The van der Waals surface area contributed by atoms with Crippen molar-refractivity contribution in [3.05, 3.63) is 107 Å². The number of rotatable bonds is 3. The molecular formula is C24H16ClN3. The van der Waals surface area contributed by atoms with Crippen LogP contribution in [0.15, 0.2) is 91.0 Å². The van der Waals surface area contributed by atoms with Gasteiger partial charge in [-0.25, -0.2) is 4.68 Å². The number of nitrogens with zero attached hydrogens (tertiary/aromatic N) is 3. The van der Waals surface area contributed by atoms with E-state index >= 15 is 0 Å². The van der Waals surface area contributed by atoms with Crippen LogP contribution in [0.25, 0.3) is 33.6 Å². The quantitative estimate of drug-likeness (QED) is 0.344. The predicted octanol–water partition coefficient (Wildman–Crippen LogP) is 6.28. The number of aromatic nitrogens is 3. The second kappa shape index (κ2) is 6.95. The van der Waals surface area contributed by atoms with Gasteiger partial charge in [0.15, 0.2) is 0 Å². The summed E-state index contributed by atoms with van der Waals surface area (Å²) < 4.78 is 1.89. The van der Waals surface area contributed by atoms with Gasteiger partial charge in [0.1, 0.15) is 5.52 Å². The largest absolute Gasteiger partial charge is 0.212 e. The van der Waals surface area contributed by atoms with Gasteiger partial charge < -0.3 is 0 Å². The van der Waals surface area contributed by atoms with Gasteiger partial charge >= 0.3 is 0 Å². The zero-order chi connectivity index (χ0) is 18.9. The molecule has 0 N–H and O–H groups in total. The van der Waals surface area contributed by atoms with Crippen molar-refractivity contribution in [2.24, 2.45) is 0 Å². The van der Waals surface area contributed by atoms with E-state index in [1.807, 2.05) is 53.2 Å². The van der Waals surface area contributed by atoms with Crippen LogP contribution in [0.5, 0.6) is 0 Å². The van der Waals surface area contributed by atoms with Crippen LogP contribution in [-0.2, 0) is 0 Å². The van der Waals surface area contributed by atoms with E-state index in [1.165, 1.54) is 10.8 Å². The zero-order valence-electron chi connectivity index (χ0n) is 15.0. The van der Waals surface area contributed by atoms with Gasteiger partial charge in [-0.3, -0.25) is 0 Å². The molecule has 0 radical (unpaired) electrons. The second-order valence-corrected chi connectivity index (χ2v) is 7.03. The summed E-state index contributed by atoms with van der Waals surface area (Å²) >= 11 is 6.12. The highest BCUT2D eigenvalue weighted by atomic mass is 35.5. The fraction of sp³-hybridized carbons (Fsp3) is 0. The smallest absolute Gasteiger partial charge is 0.113 e. The summed E-state index contributed by atoms with van der Waals surface area (Å²) in [4.78, 5) is 0. The van der Waals surface area contributed by atoms with Crippen LogP contribution in [0.3, 0.4) is 0 Å². The molecule has 0 saturated heterocycles. The highest BCUT2D eigenvalue weighted by Crippen LogP contribution is 2.28. The lowest BCUT2D eigenvalue weighted by Crippen LogP contribution is -2.01. The molecule has 134 valence electrons. The minimum atomic E-state index is 0.705. The molecule has 5 rings (SSSR count). The normalized spacial score (nSPS) is 12.0. The van der Waals surface area contributed by atoms with Crippen LogP contribution in [0, 0.1) is 0 Å². The number of para-hydroxylation sites is 1. The summed E-state index contributed by atoms with van der Waals surface area (Å²) in [5, 5.41) is 11.9. The average molecular weight is 382 g/mol. The van der Waals surface area contributed by atoms with Crippen molar-refractivity contribution in [1.82, 2.24) is 15.0 Å². The van der Waals surface area contributed by atoms with E-state index in [9.17, 15) is 0 Å². The molecule has 0 atom stereocenters. The molecule has 5 aromatic rings. The zero-order valence-corrected chi connectivity index (χ0v) is 15.7. The van der Waals surface area contributed by atoms with Crippen molar-refractivity contribution in [2.75, 3.05) is 0 Å². The molecule has 4 aromatic carbocycles. The standard InChI is InChI=1S/C24H16ClN3/c25-20-14-12-18(13-15-20)24(28-23-11-4-3-10-22(23)26-27-28)16-19-8-5-7-17-6-1-2-9-21(17)19/h1-16H/b24-16-. The van der Waals surface area contributed by atoms with E-state index in [4.69, 9.17) is 11.6 Å². The Balaban J connectivity index is 1.79. The first-order valence-electron chi connectivity index (χ1n) is 9.06. The van der Waals surface area contributed by atoms with E-state index in [1.54, 1.807) is 0 Å². The first-order valence-corrected chi connectivity index (χ1v) is 9.44. The Hall–Kier alpha value is -3.43. The molecule has 0 aliphatic heterocycles. The SMILES string of the molecule is Clc1ccc(/C(=C/c2cccc3ccccc23)n2nnc3ccccc32)cc1. The van der Waals surface area contributed by atoms with Crippen molar-refractivity contribution < 1.29 is 0 Å². The molecule has 0 aliphatic carbocycles. The second-order valence-electron chi connectivity index (χ2n) is 6.59. The van der Waals surface area contributed by atoms with Gasteiger partial charge in [-0.1, -0.05) is 83.5 Å². The summed E-state index contributed by atoms with van der Waals surface area (Å²) in [5.74, 6) is 0. The molecule has 1 heterocycles. The summed E-state index contributed by atoms with van der Waals surface area (Å²) in [7, 11) is 0. The van der Waals surface area contributed by atoms with Crippen molar-refractivity contribution in [1.29, 1.82) is 0 Å². The molecular weight excluding hydrogens is 366 g/mol. The van der Waals surface area contributed by atoms with Crippen molar-refractivity contribution in [3.63, 3.8) is 0 Å². The summed E-state index contributed by atoms with van der Waals surface area (Å²) in [5.41, 5.74) is 4.92. The van der Waals surface area contributed by atoms with Crippen molar-refractivity contribution in [2.45, 2.75) is 0 Å². The Bertz CT molecular complexity index is 1310. The van der Waals surface area contributed by atoms with Crippen LogP contribution >= 0.6 is 11.6 Å². The van der Waals surface area contributed by atoms with Gasteiger partial charge in [-0.2, -0.15) is 0 Å². The van der Waals surface area contributed by atoms with Crippen LogP contribution in [0.2, 0.25) is 5.02 Å². The van der Waals surface area contributed by atoms with E-state index < -0.39 is 0 Å². The van der Waals surface area contributed by atoms with Crippen molar-refractivity contribution in [3.8, 4) is 0 Å². The van der Waals surface area contributed by atoms with E-state index in [0.29, 0.717) is 5.02 Å². The van der Waals surface area contributed by atoms with Crippen LogP contribution in [-0.4, -0.2) is 15.0 Å². The fourth-order valence-electron chi connectivity index (χ4n) is 3.46. The molecule has 3 nitrogen and oxygen atoms in total. The maximum Gasteiger partial charge on any atom is 0.113 e. The lowest BCUT2D eigenvalue weighted by atomic mass is 10.0. The Labute approximate surface area is 167 Å². The van der Waals surface area contributed by atoms with Gasteiger partial charge in [0, 0.05) is 10.6 Å². The molecule has 0 unspecified atom stereocenters. The highest BCUT2D eigenvalue weighted by Gasteiger charge is 2.12. The Kier molecular flexibility index (Phi) is 4.15. The Morgan fingerprint density at radius 2 is 1.54 bits per heavy atom. The number of hydrogen-bond donors (Lipinski definition) is 0. The van der Waals surface area contributed by atoms with Gasteiger partial charge in [0.05, 0.1) is 11.2 Å². The molecule has 28 heavy (non-hydrogen) atoms. The Morgan fingerprint density at radius 1 is 0.786 bits per heavy atom. The van der Waals surface area contributed by atoms with Gasteiger partial charge in [-0.15, -0.1) is 5.10 Å². The molecule has 0 fully saturated rings. The third kappa shape index (κ3) is 2.96. The fourth-order valence-corrected chi connectivity index (χ4v) is 3.58. The van der Waals surface area contributed by atoms with Gasteiger partial charge in [0.25, 0.3) is 0 Å². The minimum Gasteiger partial charge on any atom is -0.212 e. The number of benzene rings is 4. The van der Waals surface area contributed by atoms with Crippen LogP contribution in [0.4, 0.5) is 0 Å². The molecule has 4 heteroatoms. The average Bonchev–Trinajstić information content (AvgIpc) is 3.17. The third-order valence-electron chi connectivity index (χ3n) is 4.84. The molecule has 0 saturated carbocycles. The number of halogens is 1. The predicted molar refractivity (Wildman–Crippen MR) is 116 cm³/mol. The van der Waals surface area contributed by atoms with Crippen LogP contribution in [0.1, 0.15) is 11.1 Å². The highest BCUT2D eigenvalue weighted by molar-refractivity contribution is 6.30. The molecule has 1 aromatic heterocycles. The lowest BCUT2D eigenvalue weighted by Gasteiger charge is -2.11. The third-order valence-corrected chi connectivity index (χ3v) is 5.09. The Morgan fingerprint density at radius 3 is 2.43 bits per heavy atom. The minimum absolute atomic E-state index is 0.705. The molecule has 0 spiro atoms. The van der Waals surface area contributed by atoms with Crippen LogP contribution < -0.4 is 0 Å². The monoisotopic (exact) mass is 381 g/mol. The maximum atomic E-state index is 6.12. The summed E-state index contributed by atoms with van der Waals surface area (Å²) in [6, 6.07) is 30.5. The van der Waals surface area contributed by atoms with Gasteiger partial charge in [-0.05, 0) is 46.7 Å².